The minimum absolute atomic E-state index is 0.135. The fourth-order valence-electron chi connectivity index (χ4n) is 3.71. The number of aryl methyl sites for hydroxylation is 1. The van der Waals surface area contributed by atoms with E-state index in [1.165, 1.54) is 4.68 Å². The molecule has 2 aromatic carbocycles. The molecule has 1 amide bonds. The van der Waals surface area contributed by atoms with Gasteiger partial charge in [0.1, 0.15) is 11.6 Å². The molecular weight excluding hydrogens is 388 g/mol. The molecule has 0 aliphatic carbocycles. The lowest BCUT2D eigenvalue weighted by atomic mass is 10.1. The number of halogens is 1. The molecule has 4 rings (SSSR count). The lowest BCUT2D eigenvalue weighted by molar-refractivity contribution is -0.124. The van der Waals surface area contributed by atoms with Gasteiger partial charge in [-0.3, -0.25) is 9.59 Å². The Labute approximate surface area is 172 Å². The van der Waals surface area contributed by atoms with E-state index in [0.717, 1.165) is 21.9 Å². The molecule has 2 heterocycles. The van der Waals surface area contributed by atoms with Gasteiger partial charge in [0.2, 0.25) is 5.91 Å². The maximum Gasteiger partial charge on any atom is 0.291 e. The fourth-order valence-corrected chi connectivity index (χ4v) is 3.83. The highest BCUT2D eigenvalue weighted by atomic mass is 35.5. The van der Waals surface area contributed by atoms with Crippen LogP contribution < -0.4 is 10.9 Å². The predicted molar refractivity (Wildman–Crippen MR) is 115 cm³/mol. The molecule has 1 N–H and O–H groups in total. The van der Waals surface area contributed by atoms with Crippen LogP contribution in [0.4, 0.5) is 0 Å². The number of fused-ring (bicyclic) bond motifs is 3. The van der Waals surface area contributed by atoms with Gasteiger partial charge < -0.3 is 9.88 Å². The van der Waals surface area contributed by atoms with Crippen molar-refractivity contribution < 1.29 is 4.79 Å². The summed E-state index contributed by atoms with van der Waals surface area (Å²) in [7, 11) is 1.62. The van der Waals surface area contributed by atoms with Crippen LogP contribution in [0.25, 0.3) is 21.8 Å². The molecule has 0 spiro atoms. The first-order chi connectivity index (χ1) is 14.0. The van der Waals surface area contributed by atoms with Crippen LogP contribution >= 0.6 is 11.6 Å². The lowest BCUT2D eigenvalue weighted by Crippen LogP contribution is -2.33. The standard InChI is InChI=1S/C22H21ClN4O2/c1-3-18(21(28)24-12-14-8-10-15(23)11-9-14)27-19-7-5-4-6-16(19)17-13-25-26(2)22(29)20(17)27/h4-11,13,18H,3,12H2,1-2H3,(H,24,28)/t18-/m0/s1. The van der Waals surface area contributed by atoms with E-state index in [2.05, 4.69) is 10.4 Å². The molecule has 1 atom stereocenters. The Bertz CT molecular complexity index is 1260. The van der Waals surface area contributed by atoms with Crippen LogP contribution in [0.5, 0.6) is 0 Å². The molecule has 7 heteroatoms. The molecule has 148 valence electrons. The second-order valence-electron chi connectivity index (χ2n) is 6.99. The summed E-state index contributed by atoms with van der Waals surface area (Å²) in [6.07, 6.45) is 2.24. The largest absolute Gasteiger partial charge is 0.350 e. The van der Waals surface area contributed by atoms with Gasteiger partial charge in [0.25, 0.3) is 5.56 Å². The number of amides is 1. The van der Waals surface area contributed by atoms with Crippen LogP contribution in [0.1, 0.15) is 24.9 Å². The first-order valence-electron chi connectivity index (χ1n) is 9.48. The zero-order chi connectivity index (χ0) is 20.5. The SMILES string of the molecule is CC[C@@H](C(=O)NCc1ccc(Cl)cc1)n1c2ccccc2c2cnn(C)c(=O)c21. The summed E-state index contributed by atoms with van der Waals surface area (Å²) < 4.78 is 3.15. The Morgan fingerprint density at radius 2 is 1.86 bits per heavy atom. The van der Waals surface area contributed by atoms with Crippen LogP contribution in [0.2, 0.25) is 5.02 Å². The lowest BCUT2D eigenvalue weighted by Gasteiger charge is -2.19. The van der Waals surface area contributed by atoms with Crippen LogP contribution in [0.15, 0.2) is 59.5 Å². The number of aromatic nitrogens is 3. The highest BCUT2D eigenvalue weighted by Gasteiger charge is 2.25. The van der Waals surface area contributed by atoms with Crippen molar-refractivity contribution in [1.29, 1.82) is 0 Å². The second-order valence-corrected chi connectivity index (χ2v) is 7.43. The quantitative estimate of drug-likeness (QED) is 0.546. The number of rotatable bonds is 5. The first kappa shape index (κ1) is 19.2. The van der Waals surface area contributed by atoms with E-state index < -0.39 is 6.04 Å². The number of benzene rings is 2. The van der Waals surface area contributed by atoms with Crippen LogP contribution in [0, 0.1) is 0 Å². The summed E-state index contributed by atoms with van der Waals surface area (Å²) in [5, 5.41) is 9.48. The Morgan fingerprint density at radius 3 is 2.59 bits per heavy atom. The molecule has 4 aromatic rings. The number of carbonyl (C=O) groups is 1. The number of hydrogen-bond donors (Lipinski definition) is 1. The van der Waals surface area contributed by atoms with Crippen molar-refractivity contribution in [3.63, 3.8) is 0 Å². The van der Waals surface area contributed by atoms with Gasteiger partial charge in [0.05, 0.1) is 11.7 Å². The van der Waals surface area contributed by atoms with Gasteiger partial charge in [0.15, 0.2) is 0 Å². The third kappa shape index (κ3) is 3.40. The Kier molecular flexibility index (Phi) is 5.11. The van der Waals surface area contributed by atoms with Crippen molar-refractivity contribution in [1.82, 2.24) is 19.7 Å². The Balaban J connectivity index is 1.78. The highest BCUT2D eigenvalue weighted by molar-refractivity contribution is 6.30. The maximum absolute atomic E-state index is 13.1. The highest BCUT2D eigenvalue weighted by Crippen LogP contribution is 2.30. The number of carbonyl (C=O) groups excluding carboxylic acids is 1. The predicted octanol–water partition coefficient (Wildman–Crippen LogP) is 3.81. The zero-order valence-corrected chi connectivity index (χ0v) is 17.0. The molecule has 0 radical (unpaired) electrons. The summed E-state index contributed by atoms with van der Waals surface area (Å²) in [5.74, 6) is -0.135. The molecule has 0 aliphatic heterocycles. The third-order valence-electron chi connectivity index (χ3n) is 5.19. The van der Waals surface area contributed by atoms with Gasteiger partial charge >= 0.3 is 0 Å². The van der Waals surface area contributed by atoms with E-state index in [1.54, 1.807) is 25.4 Å². The first-order valence-corrected chi connectivity index (χ1v) is 9.86. The van der Waals surface area contributed by atoms with E-state index in [4.69, 9.17) is 11.6 Å². The van der Waals surface area contributed by atoms with Crippen molar-refractivity contribution in [2.24, 2.45) is 7.05 Å². The Morgan fingerprint density at radius 1 is 1.14 bits per heavy atom. The minimum Gasteiger partial charge on any atom is -0.350 e. The van der Waals surface area contributed by atoms with Gasteiger partial charge in [-0.2, -0.15) is 5.10 Å². The van der Waals surface area contributed by atoms with Crippen LogP contribution in [-0.2, 0) is 18.4 Å². The van der Waals surface area contributed by atoms with E-state index in [1.807, 2.05) is 47.9 Å². The van der Waals surface area contributed by atoms with Crippen LogP contribution in [0.3, 0.4) is 0 Å². The average Bonchev–Trinajstić information content (AvgIpc) is 3.06. The summed E-state index contributed by atoms with van der Waals surface area (Å²) in [6.45, 7) is 2.34. The number of para-hydroxylation sites is 1. The van der Waals surface area contributed by atoms with E-state index >= 15 is 0 Å². The fraction of sp³-hybridized carbons (Fsp3) is 0.227. The summed E-state index contributed by atoms with van der Waals surface area (Å²) in [5.41, 5.74) is 2.08. The van der Waals surface area contributed by atoms with Crippen LogP contribution in [-0.4, -0.2) is 20.3 Å². The second kappa shape index (κ2) is 7.72. The van der Waals surface area contributed by atoms with Gasteiger partial charge in [-0.1, -0.05) is 48.9 Å². The third-order valence-corrected chi connectivity index (χ3v) is 5.44. The average molecular weight is 409 g/mol. The van der Waals surface area contributed by atoms with Gasteiger partial charge in [0, 0.05) is 29.4 Å². The van der Waals surface area contributed by atoms with Crippen molar-refractivity contribution in [3.05, 3.63) is 75.7 Å². The topological polar surface area (TPSA) is 68.9 Å². The van der Waals surface area contributed by atoms with E-state index in [9.17, 15) is 9.59 Å². The molecule has 0 aliphatic rings. The molecule has 6 nitrogen and oxygen atoms in total. The van der Waals surface area contributed by atoms with Crippen molar-refractivity contribution >= 4 is 39.3 Å². The normalized spacial score (nSPS) is 12.4. The molecule has 0 bridgehead atoms. The smallest absolute Gasteiger partial charge is 0.291 e. The number of hydrogen-bond acceptors (Lipinski definition) is 3. The van der Waals surface area contributed by atoms with Crippen molar-refractivity contribution in [3.8, 4) is 0 Å². The molecule has 0 saturated carbocycles. The molecule has 2 aromatic heterocycles. The van der Waals surface area contributed by atoms with Gasteiger partial charge in [-0.25, -0.2) is 4.68 Å². The van der Waals surface area contributed by atoms with E-state index in [-0.39, 0.29) is 11.5 Å². The number of nitrogens with zero attached hydrogens (tertiary/aromatic N) is 3. The summed E-state index contributed by atoms with van der Waals surface area (Å²) >= 11 is 5.93. The molecule has 0 unspecified atom stereocenters. The maximum atomic E-state index is 13.1. The molecule has 29 heavy (non-hydrogen) atoms. The van der Waals surface area contributed by atoms with E-state index in [0.29, 0.717) is 23.5 Å². The van der Waals surface area contributed by atoms with Crippen molar-refractivity contribution in [2.45, 2.75) is 25.9 Å². The molecule has 0 saturated heterocycles. The number of nitrogens with one attached hydrogen (secondary N) is 1. The van der Waals surface area contributed by atoms with Crippen molar-refractivity contribution in [2.75, 3.05) is 0 Å². The Hall–Kier alpha value is -3.12. The van der Waals surface area contributed by atoms with Gasteiger partial charge in [-0.15, -0.1) is 0 Å². The molecular formula is C22H21ClN4O2. The monoisotopic (exact) mass is 408 g/mol. The van der Waals surface area contributed by atoms with Gasteiger partial charge in [-0.05, 0) is 30.2 Å². The summed E-state index contributed by atoms with van der Waals surface area (Å²) in [6, 6.07) is 14.6. The minimum atomic E-state index is -0.514. The summed E-state index contributed by atoms with van der Waals surface area (Å²) in [4.78, 5) is 26.0. The zero-order valence-electron chi connectivity index (χ0n) is 16.2. The molecule has 0 fully saturated rings.